The van der Waals surface area contributed by atoms with Crippen molar-refractivity contribution >= 4 is 6.41 Å². The Morgan fingerprint density at radius 1 is 1.08 bits per heavy atom. The number of carbonyl (C=O) groups excluding carboxylic acids is 1. The number of nitrogens with zero attached hydrogens (tertiary/aromatic N) is 1. The Morgan fingerprint density at radius 3 is 2.48 bits per heavy atom. The minimum atomic E-state index is -0.177. The van der Waals surface area contributed by atoms with Crippen LogP contribution in [0.4, 0.5) is 0 Å². The summed E-state index contributed by atoms with van der Waals surface area (Å²) in [6.07, 6.45) is 8.28. The van der Waals surface area contributed by atoms with Crippen molar-refractivity contribution in [2.24, 2.45) is 47.3 Å². The molecule has 0 radical (unpaired) electrons. The lowest BCUT2D eigenvalue weighted by Crippen LogP contribution is -2.65. The lowest BCUT2D eigenvalue weighted by molar-refractivity contribution is -0.150. The Labute approximate surface area is 153 Å². The highest BCUT2D eigenvalue weighted by molar-refractivity contribution is 5.48. The van der Waals surface area contributed by atoms with Crippen molar-refractivity contribution in [3.05, 3.63) is 11.4 Å². The van der Waals surface area contributed by atoms with Gasteiger partial charge in [0, 0.05) is 24.3 Å². The molecule has 1 amide bonds. The van der Waals surface area contributed by atoms with Crippen molar-refractivity contribution in [1.29, 1.82) is 0 Å². The summed E-state index contributed by atoms with van der Waals surface area (Å²) in [6, 6.07) is 0. The molecule has 0 aromatic rings. The van der Waals surface area contributed by atoms with Gasteiger partial charge in [0.25, 0.3) is 0 Å². The molecule has 10 atom stereocenters. The zero-order valence-corrected chi connectivity index (χ0v) is 16.3. The number of rotatable bonds is 2. The van der Waals surface area contributed by atoms with E-state index >= 15 is 0 Å². The highest BCUT2D eigenvalue weighted by Crippen LogP contribution is 2.65. The molecule has 0 heterocycles. The van der Waals surface area contributed by atoms with Gasteiger partial charge in [-0.05, 0) is 81.0 Å². The van der Waals surface area contributed by atoms with Gasteiger partial charge in [-0.15, -0.1) is 0 Å². The summed E-state index contributed by atoms with van der Waals surface area (Å²) in [5, 5.41) is 3.23. The van der Waals surface area contributed by atoms with Crippen LogP contribution in [-0.4, -0.2) is 17.5 Å². The molecule has 1 N–H and O–H groups in total. The van der Waals surface area contributed by atoms with Crippen molar-refractivity contribution in [2.75, 3.05) is 0 Å². The van der Waals surface area contributed by atoms with Crippen molar-refractivity contribution in [1.82, 2.24) is 5.32 Å². The zero-order chi connectivity index (χ0) is 18.0. The second kappa shape index (κ2) is 5.73. The molecular weight excluding hydrogens is 308 g/mol. The predicted octanol–water partition coefficient (Wildman–Crippen LogP) is 4.53. The van der Waals surface area contributed by atoms with Crippen LogP contribution >= 0.6 is 0 Å². The quantitative estimate of drug-likeness (QED) is 0.580. The Bertz CT molecular complexity index is 597. The first-order valence-electron chi connectivity index (χ1n) is 10.5. The SMILES string of the molecule is [C-]#[N+][C@]1(C)[C@H](C)C[C@@H]2C[C@H](C)[C@H]3CC[C@](C)(NC=O)[C@H]4CC[C@H]1[C@@H]2[C@H]34. The largest absolute Gasteiger partial charge is 0.353 e. The Kier molecular flexibility index (Phi) is 3.98. The highest BCUT2D eigenvalue weighted by Gasteiger charge is 2.65. The van der Waals surface area contributed by atoms with Crippen LogP contribution in [0.5, 0.6) is 0 Å². The Morgan fingerprint density at radius 2 is 1.80 bits per heavy atom. The third-order valence-corrected chi connectivity index (χ3v) is 9.46. The van der Waals surface area contributed by atoms with Crippen LogP contribution in [0.1, 0.15) is 66.2 Å². The normalized spacial score (nSPS) is 57.1. The molecule has 0 unspecified atom stereocenters. The maximum absolute atomic E-state index is 11.3. The fourth-order valence-electron chi connectivity index (χ4n) is 8.07. The van der Waals surface area contributed by atoms with Crippen molar-refractivity contribution < 1.29 is 4.79 Å². The molecule has 0 bridgehead atoms. The first kappa shape index (κ1) is 17.4. The monoisotopic (exact) mass is 342 g/mol. The third kappa shape index (κ3) is 2.25. The molecule has 0 aliphatic heterocycles. The smallest absolute Gasteiger partial charge is 0.235 e. The fraction of sp³-hybridized carbons (Fsp3) is 0.909. The third-order valence-electron chi connectivity index (χ3n) is 9.46. The number of carbonyl (C=O) groups is 1. The fourth-order valence-corrected chi connectivity index (χ4v) is 8.07. The molecule has 4 saturated carbocycles. The summed E-state index contributed by atoms with van der Waals surface area (Å²) in [5.74, 6) is 5.51. The minimum absolute atomic E-state index is 0.0347. The van der Waals surface area contributed by atoms with Gasteiger partial charge in [-0.1, -0.05) is 13.8 Å². The molecule has 4 aliphatic carbocycles. The summed E-state index contributed by atoms with van der Waals surface area (Å²) in [4.78, 5) is 15.5. The maximum Gasteiger partial charge on any atom is 0.235 e. The Hall–Kier alpha value is -1.04. The summed E-state index contributed by atoms with van der Waals surface area (Å²) < 4.78 is 0. The van der Waals surface area contributed by atoms with E-state index in [9.17, 15) is 4.79 Å². The van der Waals surface area contributed by atoms with E-state index in [1.54, 1.807) is 0 Å². The zero-order valence-electron chi connectivity index (χ0n) is 16.3. The molecule has 4 fully saturated rings. The molecule has 0 aromatic heterocycles. The first-order valence-corrected chi connectivity index (χ1v) is 10.5. The van der Waals surface area contributed by atoms with Gasteiger partial charge in [-0.25, -0.2) is 6.57 Å². The molecule has 25 heavy (non-hydrogen) atoms. The van der Waals surface area contributed by atoms with Gasteiger partial charge in [0.05, 0.1) is 0 Å². The molecule has 3 heteroatoms. The average molecular weight is 343 g/mol. The van der Waals surface area contributed by atoms with Gasteiger partial charge in [0.15, 0.2) is 0 Å². The summed E-state index contributed by atoms with van der Waals surface area (Å²) in [6.45, 7) is 17.3. The number of amides is 1. The molecular formula is C22H34N2O. The summed E-state index contributed by atoms with van der Waals surface area (Å²) in [5.41, 5.74) is -0.212. The van der Waals surface area contributed by atoms with E-state index in [0.717, 1.165) is 30.6 Å². The first-order chi connectivity index (χ1) is 11.9. The topological polar surface area (TPSA) is 33.5 Å². The number of hydrogen-bond acceptors (Lipinski definition) is 1. The highest BCUT2D eigenvalue weighted by atomic mass is 16.1. The average Bonchev–Trinajstić information content (AvgIpc) is 2.58. The van der Waals surface area contributed by atoms with Crippen LogP contribution < -0.4 is 5.32 Å². The number of nitrogens with one attached hydrogen (secondary N) is 1. The van der Waals surface area contributed by atoms with Crippen molar-refractivity contribution in [2.45, 2.75) is 77.3 Å². The lowest BCUT2D eigenvalue weighted by atomic mass is 9.40. The van der Waals surface area contributed by atoms with Gasteiger partial charge in [0.1, 0.15) is 0 Å². The van der Waals surface area contributed by atoms with E-state index in [0.29, 0.717) is 29.6 Å². The van der Waals surface area contributed by atoms with Crippen molar-refractivity contribution in [3.63, 3.8) is 0 Å². The van der Waals surface area contributed by atoms with Gasteiger partial charge < -0.3 is 10.2 Å². The Balaban J connectivity index is 1.76. The molecule has 0 saturated heterocycles. The van der Waals surface area contributed by atoms with Crippen LogP contribution in [0.3, 0.4) is 0 Å². The van der Waals surface area contributed by atoms with Crippen molar-refractivity contribution in [3.8, 4) is 0 Å². The van der Waals surface area contributed by atoms with E-state index in [2.05, 4.69) is 37.9 Å². The van der Waals surface area contributed by atoms with E-state index in [1.165, 1.54) is 32.1 Å². The number of hydrogen-bond donors (Lipinski definition) is 1. The second-order valence-corrected chi connectivity index (χ2v) is 10.3. The van der Waals surface area contributed by atoms with Gasteiger partial charge in [-0.3, -0.25) is 4.79 Å². The van der Waals surface area contributed by atoms with E-state index in [4.69, 9.17) is 6.57 Å². The molecule has 138 valence electrons. The molecule has 0 aromatic carbocycles. The predicted molar refractivity (Wildman–Crippen MR) is 99.6 cm³/mol. The molecule has 4 rings (SSSR count). The van der Waals surface area contributed by atoms with Crippen LogP contribution in [-0.2, 0) is 4.79 Å². The van der Waals surface area contributed by atoms with Gasteiger partial charge >= 0.3 is 0 Å². The molecule has 4 aliphatic rings. The van der Waals surface area contributed by atoms with Gasteiger partial charge in [0.2, 0.25) is 11.9 Å². The minimum Gasteiger partial charge on any atom is -0.353 e. The van der Waals surface area contributed by atoms with Crippen LogP contribution in [0.15, 0.2) is 0 Å². The van der Waals surface area contributed by atoms with Crippen LogP contribution in [0.25, 0.3) is 4.85 Å². The van der Waals surface area contributed by atoms with E-state index in [1.807, 2.05) is 0 Å². The maximum atomic E-state index is 11.3. The van der Waals surface area contributed by atoms with Crippen LogP contribution in [0, 0.1) is 53.9 Å². The molecule has 3 nitrogen and oxygen atoms in total. The second-order valence-electron chi connectivity index (χ2n) is 10.3. The standard InChI is InChI=1S/C22H34N2O/c1-13-10-15-11-14(2)22(4,23-5)18-7-6-17-20(19(15)18)16(13)8-9-21(17,3)24-12-25/h12-20H,6-11H2,1-4H3,(H,24,25)/t13-,14+,15-,16+,17-,18-,19+,20+,21-,22+/m0/s1. The van der Waals surface area contributed by atoms with E-state index < -0.39 is 0 Å². The van der Waals surface area contributed by atoms with Gasteiger partial charge in [-0.2, -0.15) is 0 Å². The molecule has 0 spiro atoms. The summed E-state index contributed by atoms with van der Waals surface area (Å²) in [7, 11) is 0. The summed E-state index contributed by atoms with van der Waals surface area (Å²) >= 11 is 0. The van der Waals surface area contributed by atoms with Crippen LogP contribution in [0.2, 0.25) is 0 Å². The lowest BCUT2D eigenvalue weighted by Gasteiger charge is -2.64. The van der Waals surface area contributed by atoms with E-state index in [-0.39, 0.29) is 11.1 Å².